The van der Waals surface area contributed by atoms with Crippen molar-refractivity contribution in [2.45, 2.75) is 6.54 Å². The van der Waals surface area contributed by atoms with Crippen LogP contribution in [0.2, 0.25) is 0 Å². The fraction of sp³-hybridized carbons (Fsp3) is 0.300. The molecule has 0 atom stereocenters. The zero-order valence-corrected chi connectivity index (χ0v) is 7.78. The van der Waals surface area contributed by atoms with Crippen LogP contribution in [-0.4, -0.2) is 25.0 Å². The van der Waals surface area contributed by atoms with Crippen molar-refractivity contribution in [2.24, 2.45) is 0 Å². The van der Waals surface area contributed by atoms with E-state index >= 15 is 0 Å². The van der Waals surface area contributed by atoms with Crippen molar-refractivity contribution in [3.05, 3.63) is 35.4 Å². The number of benzene rings is 1. The van der Waals surface area contributed by atoms with Crippen molar-refractivity contribution in [1.82, 2.24) is 4.90 Å². The van der Waals surface area contributed by atoms with Crippen LogP contribution in [0.1, 0.15) is 15.9 Å². The van der Waals surface area contributed by atoms with Gasteiger partial charge in [0.15, 0.2) is 0 Å². The molecule has 0 aliphatic rings. The van der Waals surface area contributed by atoms with Crippen LogP contribution in [0.25, 0.3) is 0 Å². The smallest absolute Gasteiger partial charge is 0.0715 e. The molecule has 0 saturated heterocycles. The van der Waals surface area contributed by atoms with E-state index in [4.69, 9.17) is 0 Å². The summed E-state index contributed by atoms with van der Waals surface area (Å²) in [6.45, 7) is 0.737. The Balaban J connectivity index is 2.85. The molecule has 3 nitrogen and oxygen atoms in total. The molecular formula is C10H12NO2-. The van der Waals surface area contributed by atoms with Crippen LogP contribution in [-0.2, 0) is 6.54 Å². The summed E-state index contributed by atoms with van der Waals surface area (Å²) in [5.41, 5.74) is 1.21. The molecule has 1 rings (SSSR count). The van der Waals surface area contributed by atoms with Gasteiger partial charge in [-0.15, -0.1) is 0 Å². The van der Waals surface area contributed by atoms with E-state index in [1.807, 2.05) is 25.1 Å². The molecule has 70 valence electrons. The number of nitrogens with zero attached hydrogens (tertiary/aromatic N) is 1. The third kappa shape index (κ3) is 2.87. The monoisotopic (exact) mass is 178 g/mol. The number of rotatable bonds is 3. The van der Waals surface area contributed by atoms with Crippen molar-refractivity contribution in [3.8, 4) is 0 Å². The maximum absolute atomic E-state index is 10.5. The van der Waals surface area contributed by atoms with E-state index in [-0.39, 0.29) is 5.56 Å². The highest BCUT2D eigenvalue weighted by molar-refractivity contribution is 5.85. The lowest BCUT2D eigenvalue weighted by Crippen LogP contribution is -2.22. The van der Waals surface area contributed by atoms with Crippen molar-refractivity contribution in [3.63, 3.8) is 0 Å². The van der Waals surface area contributed by atoms with E-state index in [1.165, 1.54) is 6.07 Å². The summed E-state index contributed by atoms with van der Waals surface area (Å²) in [5.74, 6) is -1.12. The van der Waals surface area contributed by atoms with E-state index < -0.39 is 5.97 Å². The quantitative estimate of drug-likeness (QED) is 0.660. The Morgan fingerprint density at radius 2 is 2.15 bits per heavy atom. The zero-order valence-electron chi connectivity index (χ0n) is 7.78. The third-order valence-electron chi connectivity index (χ3n) is 1.66. The highest BCUT2D eigenvalue weighted by Gasteiger charge is 1.97. The van der Waals surface area contributed by atoms with Crippen LogP contribution in [0.15, 0.2) is 24.3 Å². The molecule has 13 heavy (non-hydrogen) atoms. The third-order valence-corrected chi connectivity index (χ3v) is 1.66. The highest BCUT2D eigenvalue weighted by atomic mass is 16.4. The Hall–Kier alpha value is -1.35. The van der Waals surface area contributed by atoms with Gasteiger partial charge < -0.3 is 14.8 Å². The number of carbonyl (C=O) groups is 1. The molecular weight excluding hydrogens is 166 g/mol. The van der Waals surface area contributed by atoms with Crippen molar-refractivity contribution >= 4 is 5.97 Å². The standard InChI is InChI=1S/C10H13NO2/c1-11(2)7-8-4-3-5-9(6-8)10(12)13/h3-6H,7H2,1-2H3,(H,12,13)/p-1. The second kappa shape index (κ2) is 4.05. The van der Waals surface area contributed by atoms with Gasteiger partial charge in [0.25, 0.3) is 0 Å². The Bertz CT molecular complexity index is 308. The fourth-order valence-electron chi connectivity index (χ4n) is 1.16. The van der Waals surface area contributed by atoms with Crippen LogP contribution in [0, 0.1) is 0 Å². The lowest BCUT2D eigenvalue weighted by Gasteiger charge is -2.10. The first-order valence-corrected chi connectivity index (χ1v) is 4.04. The molecule has 0 fully saturated rings. The van der Waals surface area contributed by atoms with Crippen molar-refractivity contribution < 1.29 is 9.90 Å². The molecule has 1 aromatic rings. The zero-order chi connectivity index (χ0) is 9.84. The van der Waals surface area contributed by atoms with Crippen LogP contribution in [0.4, 0.5) is 0 Å². The van der Waals surface area contributed by atoms with Gasteiger partial charge in [0.2, 0.25) is 0 Å². The molecule has 0 aliphatic heterocycles. The van der Waals surface area contributed by atoms with Gasteiger partial charge in [-0.1, -0.05) is 18.2 Å². The minimum Gasteiger partial charge on any atom is -0.545 e. The van der Waals surface area contributed by atoms with Crippen LogP contribution in [0.5, 0.6) is 0 Å². The Morgan fingerprint density at radius 3 is 2.69 bits per heavy atom. The second-order valence-electron chi connectivity index (χ2n) is 3.23. The minimum atomic E-state index is -1.12. The molecule has 3 heteroatoms. The van der Waals surface area contributed by atoms with Gasteiger partial charge in [-0.25, -0.2) is 0 Å². The normalized spacial score (nSPS) is 10.4. The molecule has 0 unspecified atom stereocenters. The summed E-state index contributed by atoms with van der Waals surface area (Å²) in [6.07, 6.45) is 0. The predicted molar refractivity (Wildman–Crippen MR) is 48.2 cm³/mol. The summed E-state index contributed by atoms with van der Waals surface area (Å²) in [5, 5.41) is 10.5. The summed E-state index contributed by atoms with van der Waals surface area (Å²) in [6, 6.07) is 6.79. The number of carboxylic acids is 1. The average molecular weight is 178 g/mol. The van der Waals surface area contributed by atoms with E-state index in [0.29, 0.717) is 0 Å². The number of carboxylic acid groups (broad SMARTS) is 1. The van der Waals surface area contributed by atoms with Gasteiger partial charge in [-0.3, -0.25) is 0 Å². The lowest BCUT2D eigenvalue weighted by atomic mass is 10.1. The van der Waals surface area contributed by atoms with Gasteiger partial charge in [0.1, 0.15) is 0 Å². The lowest BCUT2D eigenvalue weighted by molar-refractivity contribution is -0.255. The first-order valence-electron chi connectivity index (χ1n) is 4.04. The number of hydrogen-bond acceptors (Lipinski definition) is 3. The molecule has 0 heterocycles. The largest absolute Gasteiger partial charge is 0.545 e. The number of hydrogen-bond donors (Lipinski definition) is 0. The van der Waals surface area contributed by atoms with Crippen LogP contribution >= 0.6 is 0 Å². The van der Waals surface area contributed by atoms with E-state index in [2.05, 4.69) is 0 Å². The topological polar surface area (TPSA) is 43.4 Å². The molecule has 0 spiro atoms. The van der Waals surface area contributed by atoms with Crippen LogP contribution in [0.3, 0.4) is 0 Å². The predicted octanol–water partition coefficient (Wildman–Crippen LogP) is 0.112. The molecule has 0 N–H and O–H groups in total. The summed E-state index contributed by atoms with van der Waals surface area (Å²) in [4.78, 5) is 12.5. The summed E-state index contributed by atoms with van der Waals surface area (Å²) < 4.78 is 0. The average Bonchev–Trinajstić information content (AvgIpc) is 2.03. The molecule has 0 amide bonds. The van der Waals surface area contributed by atoms with E-state index in [0.717, 1.165) is 12.1 Å². The molecule has 0 bridgehead atoms. The van der Waals surface area contributed by atoms with Gasteiger partial charge in [0.05, 0.1) is 5.97 Å². The molecule has 1 aromatic carbocycles. The van der Waals surface area contributed by atoms with Crippen molar-refractivity contribution in [2.75, 3.05) is 14.1 Å². The van der Waals surface area contributed by atoms with Gasteiger partial charge in [-0.2, -0.15) is 0 Å². The molecule has 0 aliphatic carbocycles. The minimum absolute atomic E-state index is 0.236. The van der Waals surface area contributed by atoms with Gasteiger partial charge >= 0.3 is 0 Å². The van der Waals surface area contributed by atoms with E-state index in [1.54, 1.807) is 12.1 Å². The van der Waals surface area contributed by atoms with E-state index in [9.17, 15) is 9.90 Å². The summed E-state index contributed by atoms with van der Waals surface area (Å²) in [7, 11) is 3.87. The molecule has 0 radical (unpaired) electrons. The molecule has 0 saturated carbocycles. The van der Waals surface area contributed by atoms with Gasteiger partial charge in [0, 0.05) is 6.54 Å². The van der Waals surface area contributed by atoms with Crippen molar-refractivity contribution in [1.29, 1.82) is 0 Å². The number of aromatic carboxylic acids is 1. The highest BCUT2D eigenvalue weighted by Crippen LogP contribution is 2.05. The second-order valence-corrected chi connectivity index (χ2v) is 3.23. The molecule has 0 aromatic heterocycles. The Kier molecular flexibility index (Phi) is 3.03. The SMILES string of the molecule is CN(C)Cc1cccc(C(=O)[O-])c1. The maximum Gasteiger partial charge on any atom is 0.0715 e. The number of carbonyl (C=O) groups excluding carboxylic acids is 1. The maximum atomic E-state index is 10.5. The fourth-order valence-corrected chi connectivity index (χ4v) is 1.16. The van der Waals surface area contributed by atoms with Gasteiger partial charge in [-0.05, 0) is 31.3 Å². The first-order chi connectivity index (χ1) is 6.09. The first kappa shape index (κ1) is 9.74. The van der Waals surface area contributed by atoms with Crippen LogP contribution < -0.4 is 5.11 Å². The summed E-state index contributed by atoms with van der Waals surface area (Å²) >= 11 is 0. The Labute approximate surface area is 77.6 Å². The Morgan fingerprint density at radius 1 is 1.46 bits per heavy atom.